The summed E-state index contributed by atoms with van der Waals surface area (Å²) in [6.07, 6.45) is -11.0. The molecule has 0 aliphatic rings. The number of rotatable bonds is 13. The number of hydrogen-bond donors (Lipinski definition) is 0. The van der Waals surface area contributed by atoms with Crippen LogP contribution in [0.4, 0.5) is 74.6 Å². The molecule has 0 fully saturated rings. The lowest BCUT2D eigenvalue weighted by molar-refractivity contribution is -0.461. The number of nitrogens with zero attached hydrogens (tertiary/aromatic N) is 3. The van der Waals surface area contributed by atoms with Gasteiger partial charge in [-0.3, -0.25) is 4.18 Å². The zero-order valence-corrected chi connectivity index (χ0v) is 17.0. The fourth-order valence-electron chi connectivity index (χ4n) is 1.92. The molecule has 0 aliphatic carbocycles. The minimum Gasteiger partial charge on any atom is -0.270 e. The van der Waals surface area contributed by atoms with Crippen molar-refractivity contribution in [1.82, 2.24) is 0 Å². The van der Waals surface area contributed by atoms with Crippen LogP contribution in [0.5, 0.6) is 0 Å². The van der Waals surface area contributed by atoms with Gasteiger partial charge < -0.3 is 0 Å². The monoisotopic (exact) mass is 597 g/mol. The lowest BCUT2D eigenvalue weighted by atomic mass is 9.88. The predicted molar refractivity (Wildman–Crippen MR) is 79.1 cm³/mol. The minimum atomic E-state index is -8.77. The van der Waals surface area contributed by atoms with Gasteiger partial charge in [-0.25, -0.2) is 0 Å². The zero-order chi connectivity index (χ0) is 29.4. The summed E-state index contributed by atoms with van der Waals surface area (Å²) in [5.41, 5.74) is 7.87. The smallest absolute Gasteiger partial charge is 0.270 e. The van der Waals surface area contributed by atoms with Crippen molar-refractivity contribution in [3.05, 3.63) is 10.4 Å². The highest BCUT2D eigenvalue weighted by Crippen LogP contribution is 2.64. The van der Waals surface area contributed by atoms with Gasteiger partial charge in [0.1, 0.15) is 0 Å². The Hall–Kier alpha value is -1.97. The molecule has 0 saturated carbocycles. The Morgan fingerprint density at radius 2 is 1.00 bits per heavy atom. The first-order valence-electron chi connectivity index (χ1n) is 8.11. The third kappa shape index (κ3) is 5.48. The van der Waals surface area contributed by atoms with Crippen LogP contribution in [0.1, 0.15) is 6.42 Å². The molecule has 0 amide bonds. The van der Waals surface area contributed by atoms with Crippen molar-refractivity contribution < 1.29 is 87.2 Å². The molecule has 0 unspecified atom stereocenters. The van der Waals surface area contributed by atoms with Crippen LogP contribution in [-0.4, -0.2) is 75.0 Å². The molecule has 36 heavy (non-hydrogen) atoms. The number of azide groups is 1. The summed E-state index contributed by atoms with van der Waals surface area (Å²) in [7, 11) is -5.45. The fraction of sp³-hybridized carbons (Fsp3) is 1.00. The van der Waals surface area contributed by atoms with E-state index in [9.17, 15) is 83.1 Å². The molecule has 0 saturated heterocycles. The summed E-state index contributed by atoms with van der Waals surface area (Å²) in [6.45, 7) is -2.02. The van der Waals surface area contributed by atoms with Crippen LogP contribution in [-0.2, 0) is 14.3 Å². The maximum atomic E-state index is 13.6. The average molecular weight is 597 g/mol. The van der Waals surface area contributed by atoms with E-state index in [1.807, 2.05) is 4.91 Å². The maximum absolute atomic E-state index is 13.6. The van der Waals surface area contributed by atoms with Gasteiger partial charge in [0.15, 0.2) is 0 Å². The molecule has 0 spiro atoms. The lowest BCUT2D eigenvalue weighted by Gasteiger charge is -2.42. The van der Waals surface area contributed by atoms with Gasteiger partial charge in [-0.1, -0.05) is 5.11 Å². The molecule has 6 nitrogen and oxygen atoms in total. The average Bonchev–Trinajstić information content (AvgIpc) is 2.68. The van der Waals surface area contributed by atoms with Gasteiger partial charge in [0.05, 0.1) is 18.9 Å². The summed E-state index contributed by atoms with van der Waals surface area (Å²) >= 11 is 0. The molecular formula is C12H8F17N3O3S. The van der Waals surface area contributed by atoms with E-state index in [1.165, 1.54) is 0 Å². The lowest BCUT2D eigenvalue weighted by Crippen LogP contribution is -2.74. The Balaban J connectivity index is 6.31. The van der Waals surface area contributed by atoms with Crippen molar-refractivity contribution in [1.29, 1.82) is 0 Å². The molecule has 0 bridgehead atoms. The second-order valence-electron chi connectivity index (χ2n) is 6.44. The second kappa shape index (κ2) is 9.72. The molecule has 0 aromatic heterocycles. The van der Waals surface area contributed by atoms with E-state index in [4.69, 9.17) is 5.53 Å². The summed E-state index contributed by atoms with van der Waals surface area (Å²) in [5, 5.41) is 2.64. The highest BCUT2D eigenvalue weighted by Gasteiger charge is 2.95. The first kappa shape index (κ1) is 34.0. The Kier molecular flexibility index (Phi) is 9.19. The maximum Gasteiger partial charge on any atom is 0.460 e. The number of halogens is 17. The highest BCUT2D eigenvalue weighted by atomic mass is 32.2. The Labute approximate surface area is 187 Å². The van der Waals surface area contributed by atoms with E-state index in [-0.39, 0.29) is 0 Å². The van der Waals surface area contributed by atoms with Gasteiger partial charge in [-0.05, 0) is 5.53 Å². The molecule has 0 radical (unpaired) electrons. The van der Waals surface area contributed by atoms with Gasteiger partial charge in [-0.15, -0.1) is 0 Å². The first-order chi connectivity index (χ1) is 15.5. The summed E-state index contributed by atoms with van der Waals surface area (Å²) < 4.78 is 249. The number of alkyl halides is 17. The highest BCUT2D eigenvalue weighted by molar-refractivity contribution is 7.86. The molecule has 24 heteroatoms. The van der Waals surface area contributed by atoms with Crippen molar-refractivity contribution in [2.75, 3.05) is 18.9 Å². The van der Waals surface area contributed by atoms with Crippen LogP contribution in [0.3, 0.4) is 0 Å². The third-order valence-electron chi connectivity index (χ3n) is 3.97. The molecule has 0 N–H and O–H groups in total. The predicted octanol–water partition coefficient (Wildman–Crippen LogP) is 6.04. The second-order valence-corrected chi connectivity index (χ2v) is 8.20. The van der Waals surface area contributed by atoms with Crippen LogP contribution in [0, 0.1) is 0 Å². The van der Waals surface area contributed by atoms with Crippen molar-refractivity contribution in [3.63, 3.8) is 0 Å². The third-order valence-corrected chi connectivity index (χ3v) is 5.20. The molecule has 0 aromatic rings. The molecule has 0 aromatic carbocycles. The molecule has 0 rings (SSSR count). The van der Waals surface area contributed by atoms with E-state index in [0.717, 1.165) is 0 Å². The van der Waals surface area contributed by atoms with Gasteiger partial charge in [-0.2, -0.15) is 83.1 Å². The van der Waals surface area contributed by atoms with Crippen LogP contribution in [0.25, 0.3) is 10.4 Å². The molecule has 0 heterocycles. The summed E-state index contributed by atoms with van der Waals surface area (Å²) in [5.74, 6) is -60.2. The Bertz CT molecular complexity index is 940. The van der Waals surface area contributed by atoms with Crippen molar-refractivity contribution in [3.8, 4) is 0 Å². The summed E-state index contributed by atoms with van der Waals surface area (Å²) in [4.78, 5) is 2.04. The molecule has 214 valence electrons. The fourth-order valence-corrected chi connectivity index (χ4v) is 2.87. The van der Waals surface area contributed by atoms with Crippen molar-refractivity contribution >= 4 is 10.1 Å². The molecule has 0 atom stereocenters. The molecule has 0 aliphatic heterocycles. The zero-order valence-electron chi connectivity index (χ0n) is 16.2. The topological polar surface area (TPSA) is 92.1 Å². The minimum absolute atomic E-state index is 0.849. The van der Waals surface area contributed by atoms with E-state index >= 15 is 0 Å². The number of hydrogen-bond acceptors (Lipinski definition) is 4. The Morgan fingerprint density at radius 1 is 0.639 bits per heavy atom. The van der Waals surface area contributed by atoms with Crippen LogP contribution < -0.4 is 0 Å². The van der Waals surface area contributed by atoms with Crippen LogP contribution >= 0.6 is 0 Å². The summed E-state index contributed by atoms with van der Waals surface area (Å²) in [6, 6.07) is 0. The van der Waals surface area contributed by atoms with Gasteiger partial charge in [0, 0.05) is 11.3 Å². The van der Waals surface area contributed by atoms with Gasteiger partial charge in [0.25, 0.3) is 10.1 Å². The Morgan fingerprint density at radius 3 is 1.36 bits per heavy atom. The normalized spacial score (nSPS) is 15.6. The van der Waals surface area contributed by atoms with E-state index in [0.29, 0.717) is 0 Å². The van der Waals surface area contributed by atoms with Crippen molar-refractivity contribution in [2.45, 2.75) is 54.1 Å². The van der Waals surface area contributed by atoms with E-state index in [2.05, 4.69) is 9.30 Å². The van der Waals surface area contributed by atoms with Gasteiger partial charge in [0.2, 0.25) is 0 Å². The van der Waals surface area contributed by atoms with Crippen molar-refractivity contribution in [2.24, 2.45) is 5.11 Å². The first-order valence-corrected chi connectivity index (χ1v) is 9.69. The van der Waals surface area contributed by atoms with E-state index < -0.39 is 83.1 Å². The largest absolute Gasteiger partial charge is 0.460 e. The standard InChI is InChI=1S/C12H8F17N3O3S/c13-5(14,1-4-36(33,34)35-3-2-31-32-30)6(15,16)7(17,18)8(19,20)9(21,22)10(23,24)11(25,26)12(27,28)29/h1-4H2. The molecular weight excluding hydrogens is 589 g/mol. The quantitative estimate of drug-likeness (QED) is 0.0648. The SMILES string of the molecule is [N-]=[N+]=NCCOS(=O)(=O)CCC(F)(F)C(F)(F)C(F)(F)C(F)(F)C(F)(F)C(F)(F)C(F)(F)C(F)(F)F. The van der Waals surface area contributed by atoms with Crippen LogP contribution in [0.2, 0.25) is 0 Å². The van der Waals surface area contributed by atoms with Gasteiger partial charge >= 0.3 is 47.6 Å². The van der Waals surface area contributed by atoms with Crippen LogP contribution in [0.15, 0.2) is 5.11 Å². The van der Waals surface area contributed by atoms with E-state index in [1.54, 1.807) is 0 Å².